The Labute approximate surface area is 278 Å². The standard InChI is InChI=1S/C34H44F2N6O6/c1-20(2)46-32(44)42-13-10-21(11-14-42)29-40-28(48-41-29)19-45-23-17-37-30(38-18-23)34(6)12-9-24(25-15-22(35)7-8-26(25)36)27(16-34)39-31(43)47-33(3,4)5/h7-8,15,17-18,20-21,24,27H,9-14,16,19H2,1-6H3,(H,39,43). The van der Waals surface area contributed by atoms with Gasteiger partial charge in [0.25, 0.3) is 5.89 Å². The van der Waals surface area contributed by atoms with Crippen molar-refractivity contribution in [2.75, 3.05) is 13.1 Å². The molecule has 5 rings (SSSR count). The first-order chi connectivity index (χ1) is 22.7. The first-order valence-corrected chi connectivity index (χ1v) is 16.4. The number of alkyl carbamates (subject to hydrolysis) is 1. The van der Waals surface area contributed by atoms with Gasteiger partial charge in [-0.3, -0.25) is 0 Å². The fourth-order valence-electron chi connectivity index (χ4n) is 6.33. The van der Waals surface area contributed by atoms with Crippen LogP contribution in [0.4, 0.5) is 18.4 Å². The van der Waals surface area contributed by atoms with E-state index in [1.165, 1.54) is 6.07 Å². The molecule has 1 saturated heterocycles. The largest absolute Gasteiger partial charge is 0.481 e. The Hall–Kier alpha value is -4.36. The van der Waals surface area contributed by atoms with Crippen molar-refractivity contribution in [2.24, 2.45) is 0 Å². The second-order valence-electron chi connectivity index (χ2n) is 14.1. The summed E-state index contributed by atoms with van der Waals surface area (Å²) < 4.78 is 51.1. The lowest BCUT2D eigenvalue weighted by Gasteiger charge is -2.42. The zero-order chi connectivity index (χ0) is 34.6. The highest BCUT2D eigenvalue weighted by Gasteiger charge is 2.43. The maximum Gasteiger partial charge on any atom is 0.410 e. The van der Waals surface area contributed by atoms with E-state index in [4.69, 9.17) is 18.7 Å². The molecule has 1 aliphatic carbocycles. The molecule has 3 heterocycles. The zero-order valence-corrected chi connectivity index (χ0v) is 28.3. The van der Waals surface area contributed by atoms with Crippen molar-refractivity contribution in [3.05, 3.63) is 65.3 Å². The first-order valence-electron chi connectivity index (χ1n) is 16.4. The molecule has 260 valence electrons. The number of piperidine rings is 1. The molecule has 1 aromatic carbocycles. The van der Waals surface area contributed by atoms with Crippen molar-refractivity contribution < 1.29 is 37.1 Å². The number of ether oxygens (including phenoxy) is 3. The van der Waals surface area contributed by atoms with Crippen LogP contribution in [0.25, 0.3) is 0 Å². The first kappa shape index (κ1) is 35.0. The molecule has 2 aromatic heterocycles. The van der Waals surface area contributed by atoms with E-state index in [2.05, 4.69) is 25.4 Å². The number of rotatable bonds is 8. The van der Waals surface area contributed by atoms with Gasteiger partial charge in [-0.25, -0.2) is 28.3 Å². The summed E-state index contributed by atoms with van der Waals surface area (Å²) >= 11 is 0. The van der Waals surface area contributed by atoms with Crippen LogP contribution in [0.1, 0.15) is 109 Å². The van der Waals surface area contributed by atoms with Gasteiger partial charge >= 0.3 is 12.2 Å². The smallest absolute Gasteiger partial charge is 0.410 e. The zero-order valence-electron chi connectivity index (χ0n) is 28.3. The Morgan fingerprint density at radius 1 is 1.12 bits per heavy atom. The third-order valence-corrected chi connectivity index (χ3v) is 8.69. The molecular formula is C34H44F2N6O6. The SMILES string of the molecule is CC(C)OC(=O)N1CCC(c2noc(COc3cnc(C4(C)CCC(c5cc(F)ccc5F)C(NC(=O)OC(C)(C)C)C4)nc3)n2)CC1. The van der Waals surface area contributed by atoms with Crippen molar-refractivity contribution in [1.29, 1.82) is 0 Å². The fraction of sp³-hybridized carbons (Fsp3) is 0.588. The van der Waals surface area contributed by atoms with Crippen molar-refractivity contribution in [2.45, 2.75) is 115 Å². The molecule has 2 amide bonds. The van der Waals surface area contributed by atoms with Crippen molar-refractivity contribution in [3.8, 4) is 5.75 Å². The molecule has 14 heteroatoms. The van der Waals surface area contributed by atoms with Gasteiger partial charge in [0.15, 0.2) is 18.2 Å². The maximum atomic E-state index is 14.9. The molecule has 12 nitrogen and oxygen atoms in total. The summed E-state index contributed by atoms with van der Waals surface area (Å²) in [6.07, 6.45) is 4.82. The monoisotopic (exact) mass is 670 g/mol. The average molecular weight is 671 g/mol. The Morgan fingerprint density at radius 2 is 1.83 bits per heavy atom. The van der Waals surface area contributed by atoms with Gasteiger partial charge < -0.3 is 29.0 Å². The van der Waals surface area contributed by atoms with Crippen molar-refractivity contribution in [1.82, 2.24) is 30.3 Å². The lowest BCUT2D eigenvalue weighted by Crippen LogP contribution is -2.49. The summed E-state index contributed by atoms with van der Waals surface area (Å²) in [5.41, 5.74) is -1.10. The molecule has 48 heavy (non-hydrogen) atoms. The highest BCUT2D eigenvalue weighted by Crippen LogP contribution is 2.44. The van der Waals surface area contributed by atoms with Gasteiger partial charge in [-0.2, -0.15) is 4.98 Å². The summed E-state index contributed by atoms with van der Waals surface area (Å²) in [5, 5.41) is 7.03. The predicted molar refractivity (Wildman–Crippen MR) is 169 cm³/mol. The Balaban J connectivity index is 1.20. The molecule has 1 aliphatic heterocycles. The average Bonchev–Trinajstić information content (AvgIpc) is 3.50. The number of nitrogens with one attached hydrogen (secondary N) is 1. The number of likely N-dealkylation sites (tertiary alicyclic amines) is 1. The minimum atomic E-state index is -0.731. The molecule has 0 radical (unpaired) electrons. The minimum Gasteiger partial charge on any atom is -0.481 e. The molecule has 1 N–H and O–H groups in total. The van der Waals surface area contributed by atoms with E-state index in [1.807, 2.05) is 20.8 Å². The van der Waals surface area contributed by atoms with E-state index in [1.54, 1.807) is 38.1 Å². The molecule has 0 spiro atoms. The number of amides is 2. The normalized spacial score (nSPS) is 22.0. The highest BCUT2D eigenvalue weighted by atomic mass is 19.1. The van der Waals surface area contributed by atoms with Gasteiger partial charge in [0.2, 0.25) is 0 Å². The molecular weight excluding hydrogens is 626 g/mol. The Morgan fingerprint density at radius 3 is 2.50 bits per heavy atom. The fourth-order valence-corrected chi connectivity index (χ4v) is 6.33. The van der Waals surface area contributed by atoms with Gasteiger partial charge in [0, 0.05) is 36.4 Å². The van der Waals surface area contributed by atoms with E-state index in [0.29, 0.717) is 68.5 Å². The Kier molecular flexibility index (Phi) is 10.5. The van der Waals surface area contributed by atoms with Crippen LogP contribution in [-0.2, 0) is 21.5 Å². The molecule has 3 aromatic rings. The van der Waals surface area contributed by atoms with Crippen LogP contribution < -0.4 is 10.1 Å². The van der Waals surface area contributed by atoms with E-state index in [9.17, 15) is 18.4 Å². The quantitative estimate of drug-likeness (QED) is 0.280. The summed E-state index contributed by atoms with van der Waals surface area (Å²) in [6.45, 7) is 12.0. The number of nitrogens with zero attached hydrogens (tertiary/aromatic N) is 5. The predicted octanol–water partition coefficient (Wildman–Crippen LogP) is 6.56. The number of carbonyl (C=O) groups is 2. The highest BCUT2D eigenvalue weighted by molar-refractivity contribution is 5.68. The summed E-state index contributed by atoms with van der Waals surface area (Å²) in [4.78, 5) is 40.3. The second kappa shape index (κ2) is 14.4. The lowest BCUT2D eigenvalue weighted by atomic mass is 9.66. The van der Waals surface area contributed by atoms with Crippen molar-refractivity contribution >= 4 is 12.2 Å². The maximum absolute atomic E-state index is 14.9. The van der Waals surface area contributed by atoms with Crippen LogP contribution in [0.2, 0.25) is 0 Å². The molecule has 2 fully saturated rings. The van der Waals surface area contributed by atoms with Gasteiger partial charge in [-0.05, 0) is 90.5 Å². The van der Waals surface area contributed by atoms with E-state index < -0.39 is 40.7 Å². The van der Waals surface area contributed by atoms with E-state index in [0.717, 1.165) is 12.1 Å². The molecule has 0 bridgehead atoms. The van der Waals surface area contributed by atoms with E-state index in [-0.39, 0.29) is 30.3 Å². The molecule has 3 atom stereocenters. The number of hydrogen-bond donors (Lipinski definition) is 1. The van der Waals surface area contributed by atoms with E-state index >= 15 is 0 Å². The summed E-state index contributed by atoms with van der Waals surface area (Å²) in [6, 6.07) is 2.81. The van der Waals surface area contributed by atoms with Gasteiger partial charge in [0.1, 0.15) is 23.1 Å². The van der Waals surface area contributed by atoms with Crippen LogP contribution in [0.5, 0.6) is 5.75 Å². The van der Waals surface area contributed by atoms with Gasteiger partial charge in [-0.1, -0.05) is 12.1 Å². The van der Waals surface area contributed by atoms with Crippen LogP contribution in [0.3, 0.4) is 0 Å². The molecule has 3 unspecified atom stereocenters. The van der Waals surface area contributed by atoms with Gasteiger partial charge in [0.05, 0.1) is 18.5 Å². The van der Waals surface area contributed by atoms with Crippen LogP contribution in [-0.4, -0.2) is 68.0 Å². The second-order valence-corrected chi connectivity index (χ2v) is 14.1. The molecule has 2 aliphatic rings. The number of benzene rings is 1. The van der Waals surface area contributed by atoms with Crippen LogP contribution >= 0.6 is 0 Å². The minimum absolute atomic E-state index is 0.0231. The summed E-state index contributed by atoms with van der Waals surface area (Å²) in [5.74, 6) is 0.339. The van der Waals surface area contributed by atoms with Crippen molar-refractivity contribution in [3.63, 3.8) is 0 Å². The number of halogens is 2. The van der Waals surface area contributed by atoms with Gasteiger partial charge in [-0.15, -0.1) is 0 Å². The number of carbonyl (C=O) groups excluding carboxylic acids is 2. The summed E-state index contributed by atoms with van der Waals surface area (Å²) in [7, 11) is 0. The third kappa shape index (κ3) is 8.75. The number of aromatic nitrogens is 4. The van der Waals surface area contributed by atoms with Crippen LogP contribution in [0, 0.1) is 11.6 Å². The van der Waals surface area contributed by atoms with Crippen LogP contribution in [0.15, 0.2) is 35.1 Å². The molecule has 1 saturated carbocycles. The Bertz CT molecular complexity index is 1570. The number of hydrogen-bond acceptors (Lipinski definition) is 10. The topological polar surface area (TPSA) is 142 Å². The lowest BCUT2D eigenvalue weighted by molar-refractivity contribution is 0.0467. The third-order valence-electron chi connectivity index (χ3n) is 8.69.